The number of quaternary nitrogens is 1. The van der Waals surface area contributed by atoms with Crippen LogP contribution in [0.2, 0.25) is 0 Å². The van der Waals surface area contributed by atoms with E-state index in [0.29, 0.717) is 19.8 Å². The minimum absolute atomic E-state index is 0.103. The van der Waals surface area contributed by atoms with Crippen LogP contribution in [0, 0.1) is 0 Å². The molecule has 6 nitrogen and oxygen atoms in total. The average Bonchev–Trinajstić information content (AvgIpc) is 2.49. The molecule has 0 saturated heterocycles. The summed E-state index contributed by atoms with van der Waals surface area (Å²) in [5.74, 6) is -1.18. The second-order valence-electron chi connectivity index (χ2n) is 5.24. The molecule has 0 unspecified atom stereocenters. The molecule has 21 heavy (non-hydrogen) atoms. The van der Waals surface area contributed by atoms with Crippen molar-refractivity contribution in [3.05, 3.63) is 12.2 Å². The molecule has 0 fully saturated rings. The number of hydrogen-bond donors (Lipinski definition) is 2. The van der Waals surface area contributed by atoms with E-state index >= 15 is 0 Å². The molecule has 0 saturated carbocycles. The van der Waals surface area contributed by atoms with Crippen LogP contribution in [0.4, 0.5) is 0 Å². The molecule has 124 valence electrons. The van der Waals surface area contributed by atoms with Gasteiger partial charge < -0.3 is 24.9 Å². The average molecular weight is 303 g/mol. The third-order valence-corrected chi connectivity index (χ3v) is 3.46. The number of carbonyl (C=O) groups excluding carboxylic acids is 1. The lowest BCUT2D eigenvalue weighted by molar-refractivity contribution is -0.961. The molecule has 0 bridgehead atoms. The molecule has 0 aromatic rings. The van der Waals surface area contributed by atoms with Gasteiger partial charge in [-0.25, -0.2) is 0 Å². The smallest absolute Gasteiger partial charge is 0.182 e. The Morgan fingerprint density at radius 1 is 1.19 bits per heavy atom. The fourth-order valence-electron chi connectivity index (χ4n) is 1.88. The van der Waals surface area contributed by atoms with Crippen molar-refractivity contribution in [3.8, 4) is 0 Å². The number of rotatable bonds is 14. The van der Waals surface area contributed by atoms with Crippen molar-refractivity contribution >= 4 is 5.97 Å². The zero-order valence-electron chi connectivity index (χ0n) is 13.0. The van der Waals surface area contributed by atoms with Gasteiger partial charge in [0.15, 0.2) is 13.5 Å². The molecule has 6 heteroatoms. The maximum atomic E-state index is 10.5. The number of aliphatic hydroxyl groups excluding tert-OH is 2. The van der Waals surface area contributed by atoms with E-state index in [2.05, 4.69) is 13.0 Å². The lowest BCUT2D eigenvalue weighted by Crippen LogP contribution is -2.53. The number of aliphatic carboxylic acids is 1. The summed E-state index contributed by atoms with van der Waals surface area (Å²) >= 11 is 0. The minimum Gasteiger partial charge on any atom is -0.550 e. The number of aliphatic hydroxyl groups is 2. The molecule has 0 atom stereocenters. The number of carboxylic acids is 1. The highest BCUT2D eigenvalue weighted by Gasteiger charge is 2.24. The summed E-state index contributed by atoms with van der Waals surface area (Å²) < 4.78 is 5.32. The van der Waals surface area contributed by atoms with Crippen molar-refractivity contribution in [2.45, 2.75) is 39.0 Å². The van der Waals surface area contributed by atoms with E-state index in [-0.39, 0.29) is 30.9 Å². The first kappa shape index (κ1) is 20.1. The summed E-state index contributed by atoms with van der Waals surface area (Å²) in [5.41, 5.74) is 0. The zero-order chi connectivity index (χ0) is 16.0. The van der Waals surface area contributed by atoms with Crippen LogP contribution in [-0.2, 0) is 9.53 Å². The van der Waals surface area contributed by atoms with Crippen LogP contribution in [-0.4, -0.2) is 60.4 Å². The van der Waals surface area contributed by atoms with Gasteiger partial charge in [0.1, 0.15) is 6.54 Å². The van der Waals surface area contributed by atoms with Crippen LogP contribution in [0.1, 0.15) is 39.0 Å². The van der Waals surface area contributed by atoms with Gasteiger partial charge in [0, 0.05) is 12.4 Å². The molecule has 0 aromatic heterocycles. The first-order valence-electron chi connectivity index (χ1n) is 7.59. The molecule has 0 heterocycles. The van der Waals surface area contributed by atoms with E-state index in [0.717, 1.165) is 6.42 Å². The van der Waals surface area contributed by atoms with E-state index in [1.54, 1.807) is 0 Å². The van der Waals surface area contributed by atoms with Crippen LogP contribution in [0.25, 0.3) is 0 Å². The van der Waals surface area contributed by atoms with Gasteiger partial charge in [0.2, 0.25) is 0 Å². The molecular weight excluding hydrogens is 274 g/mol. The fourth-order valence-corrected chi connectivity index (χ4v) is 1.88. The Kier molecular flexibility index (Phi) is 12.2. The molecule has 0 rings (SSSR count). The summed E-state index contributed by atoms with van der Waals surface area (Å²) in [6, 6.07) is 0. The summed E-state index contributed by atoms with van der Waals surface area (Å²) in [5, 5.41) is 29.2. The van der Waals surface area contributed by atoms with Crippen LogP contribution in [0.3, 0.4) is 0 Å². The fraction of sp³-hybridized carbons (Fsp3) is 0.800. The van der Waals surface area contributed by atoms with Crippen molar-refractivity contribution in [2.75, 3.05) is 39.8 Å². The Bertz CT molecular complexity index is 290. The Balaban J connectivity index is 3.85. The first-order valence-corrected chi connectivity index (χ1v) is 7.59. The van der Waals surface area contributed by atoms with Gasteiger partial charge in [-0.1, -0.05) is 31.9 Å². The normalized spacial score (nSPS) is 12.1. The highest BCUT2D eigenvalue weighted by atomic mass is 16.5. The molecular formula is C15H29NO5. The van der Waals surface area contributed by atoms with Crippen LogP contribution >= 0.6 is 0 Å². The second-order valence-corrected chi connectivity index (χ2v) is 5.24. The topological polar surface area (TPSA) is 89.8 Å². The van der Waals surface area contributed by atoms with Crippen molar-refractivity contribution in [2.24, 2.45) is 0 Å². The van der Waals surface area contributed by atoms with Gasteiger partial charge in [0.05, 0.1) is 19.8 Å². The number of unbranched alkanes of at least 4 members (excludes halogenated alkanes) is 3. The number of nitrogens with zero attached hydrogens (tertiary/aromatic N) is 1. The van der Waals surface area contributed by atoms with Gasteiger partial charge in [-0.05, 0) is 12.8 Å². The van der Waals surface area contributed by atoms with Gasteiger partial charge in [-0.2, -0.15) is 0 Å². The van der Waals surface area contributed by atoms with Crippen LogP contribution < -0.4 is 5.11 Å². The molecule has 0 aromatic carbocycles. The molecule has 0 amide bonds. The van der Waals surface area contributed by atoms with Crippen LogP contribution in [0.5, 0.6) is 0 Å². The van der Waals surface area contributed by atoms with Crippen molar-refractivity contribution in [1.29, 1.82) is 0 Å². The van der Waals surface area contributed by atoms with E-state index < -0.39 is 5.97 Å². The van der Waals surface area contributed by atoms with Crippen molar-refractivity contribution < 1.29 is 29.3 Å². The Morgan fingerprint density at radius 3 is 2.48 bits per heavy atom. The van der Waals surface area contributed by atoms with Crippen molar-refractivity contribution in [3.63, 3.8) is 0 Å². The van der Waals surface area contributed by atoms with Gasteiger partial charge >= 0.3 is 0 Å². The van der Waals surface area contributed by atoms with Crippen molar-refractivity contribution in [1.82, 2.24) is 0 Å². The van der Waals surface area contributed by atoms with E-state index in [9.17, 15) is 20.1 Å². The van der Waals surface area contributed by atoms with Crippen LogP contribution in [0.15, 0.2) is 12.2 Å². The van der Waals surface area contributed by atoms with E-state index in [1.165, 1.54) is 19.3 Å². The third-order valence-electron chi connectivity index (χ3n) is 3.46. The summed E-state index contributed by atoms with van der Waals surface area (Å²) in [6.07, 6.45) is 8.53. The van der Waals surface area contributed by atoms with E-state index in [4.69, 9.17) is 4.74 Å². The predicted octanol–water partition coefficient (Wildman–Crippen LogP) is -0.00410. The lowest BCUT2D eigenvalue weighted by atomic mass is 10.2. The second kappa shape index (κ2) is 12.8. The lowest BCUT2D eigenvalue weighted by Gasteiger charge is -2.34. The monoisotopic (exact) mass is 303 g/mol. The molecule has 2 N–H and O–H groups in total. The summed E-state index contributed by atoms with van der Waals surface area (Å²) in [4.78, 5) is 10.5. The standard InChI is InChI=1S/C15H29NO5/c1-2-3-4-5-6-7-11-21-12-10-16(13-17,14-18)9-8-15(19)20/h6-7,17-18H,2-5,8-14H2,1H3/b7-6+. The van der Waals surface area contributed by atoms with E-state index in [1.807, 2.05) is 6.08 Å². The minimum atomic E-state index is -1.18. The quantitative estimate of drug-likeness (QED) is 0.204. The summed E-state index contributed by atoms with van der Waals surface area (Å²) in [6.45, 7) is 2.87. The molecule has 0 spiro atoms. The van der Waals surface area contributed by atoms with Gasteiger partial charge in [-0.3, -0.25) is 4.48 Å². The molecule has 0 radical (unpaired) electrons. The number of carbonyl (C=O) groups is 1. The first-order chi connectivity index (χ1) is 10.1. The summed E-state index contributed by atoms with van der Waals surface area (Å²) in [7, 11) is 0. The maximum Gasteiger partial charge on any atom is 0.182 e. The number of allylic oxidation sites excluding steroid dienone is 1. The Morgan fingerprint density at radius 2 is 1.90 bits per heavy atom. The number of carboxylic acid groups (broad SMARTS) is 1. The highest BCUT2D eigenvalue weighted by Crippen LogP contribution is 2.06. The largest absolute Gasteiger partial charge is 0.550 e. The number of ether oxygens (including phenoxy) is 1. The van der Waals surface area contributed by atoms with Gasteiger partial charge in [-0.15, -0.1) is 0 Å². The maximum absolute atomic E-state index is 10.5. The number of hydrogen-bond acceptors (Lipinski definition) is 5. The van der Waals surface area contributed by atoms with Gasteiger partial charge in [0.25, 0.3) is 0 Å². The highest BCUT2D eigenvalue weighted by molar-refractivity contribution is 5.64. The SMILES string of the molecule is CCCCC/C=C/COCC[N+](CO)(CO)CCC(=O)[O-]. The zero-order valence-corrected chi connectivity index (χ0v) is 13.0. The predicted molar refractivity (Wildman–Crippen MR) is 77.9 cm³/mol. The Labute approximate surface area is 127 Å². The molecule has 0 aliphatic rings. The Hall–Kier alpha value is -0.950. The molecule has 0 aliphatic carbocycles. The third kappa shape index (κ3) is 10.4. The molecule has 0 aliphatic heterocycles.